The first-order valence-corrected chi connectivity index (χ1v) is 14.2. The number of hydrogen-bond acceptors (Lipinski definition) is 8. The second-order valence-electron chi connectivity index (χ2n) is 9.19. The van der Waals surface area contributed by atoms with Crippen molar-refractivity contribution < 1.29 is 27.2 Å². The van der Waals surface area contributed by atoms with Gasteiger partial charge in [0.2, 0.25) is 17.6 Å². The van der Waals surface area contributed by atoms with Crippen LogP contribution in [0.15, 0.2) is 53.1 Å². The Morgan fingerprint density at radius 2 is 1.81 bits per heavy atom. The largest absolute Gasteiger partial charge is 0.432 e. The van der Waals surface area contributed by atoms with E-state index in [1.165, 1.54) is 0 Å². The second-order valence-corrected chi connectivity index (χ2v) is 11.3. The number of benzene rings is 1. The number of sulfone groups is 1. The third kappa shape index (κ3) is 7.45. The zero-order valence-electron chi connectivity index (χ0n) is 20.5. The number of Topliss-reactive ketones (excluding diaryl/α,β-unsaturated/α-hetero) is 1. The lowest BCUT2D eigenvalue weighted by molar-refractivity contribution is -0.135. The van der Waals surface area contributed by atoms with Gasteiger partial charge in [-0.15, -0.1) is 0 Å². The van der Waals surface area contributed by atoms with E-state index in [1.54, 1.807) is 53.6 Å². The molecule has 11 heteroatoms. The van der Waals surface area contributed by atoms with Crippen molar-refractivity contribution in [1.29, 1.82) is 0 Å². The van der Waals surface area contributed by atoms with Crippen molar-refractivity contribution in [3.05, 3.63) is 60.1 Å². The third-order valence-corrected chi connectivity index (χ3v) is 7.90. The van der Waals surface area contributed by atoms with Gasteiger partial charge in [-0.3, -0.25) is 14.4 Å². The molecule has 3 aromatic rings. The van der Waals surface area contributed by atoms with Crippen LogP contribution in [-0.2, 0) is 25.2 Å². The molecule has 37 heavy (non-hydrogen) atoms. The molecular weight excluding hydrogens is 496 g/mol. The van der Waals surface area contributed by atoms with Gasteiger partial charge in [0.15, 0.2) is 21.1 Å². The molecule has 10 nitrogen and oxygen atoms in total. The van der Waals surface area contributed by atoms with E-state index in [2.05, 4.69) is 15.3 Å². The highest BCUT2D eigenvalue weighted by Crippen LogP contribution is 2.18. The normalized spacial score (nSPS) is 14.5. The molecule has 2 aromatic heterocycles. The Morgan fingerprint density at radius 1 is 1.05 bits per heavy atom. The SMILES string of the molecule is O=C(CCCNC(=O)C(CC(=O)N1CCCC1)CS(=O)(=O)Cc1ccccc1)c1nc2ncccc2o1. The molecule has 4 rings (SSSR count). The lowest BCUT2D eigenvalue weighted by Gasteiger charge is -2.21. The number of ketones is 1. The summed E-state index contributed by atoms with van der Waals surface area (Å²) in [5.41, 5.74) is 1.39. The standard InChI is InChI=1S/C26H30N4O6S/c31-21(26-29-24-22(36-26)11-7-12-27-24)10-6-13-28-25(33)20(16-23(32)30-14-4-5-15-30)18-37(34,35)17-19-8-2-1-3-9-19/h1-3,7-9,11-12,20H,4-6,10,13-18H2,(H,28,33). The minimum atomic E-state index is -3.65. The summed E-state index contributed by atoms with van der Waals surface area (Å²) in [5.74, 6) is -2.74. The first-order valence-electron chi connectivity index (χ1n) is 12.4. The topological polar surface area (TPSA) is 140 Å². The molecule has 0 bridgehead atoms. The number of likely N-dealkylation sites (tertiary alicyclic amines) is 1. The Kier molecular flexibility index (Phi) is 8.65. The van der Waals surface area contributed by atoms with Crippen LogP contribution in [0, 0.1) is 5.92 Å². The zero-order valence-corrected chi connectivity index (χ0v) is 21.3. The van der Waals surface area contributed by atoms with Gasteiger partial charge in [0, 0.05) is 38.7 Å². The van der Waals surface area contributed by atoms with E-state index in [-0.39, 0.29) is 42.7 Å². The van der Waals surface area contributed by atoms with Gasteiger partial charge in [0.05, 0.1) is 17.4 Å². The predicted molar refractivity (Wildman–Crippen MR) is 136 cm³/mol. The predicted octanol–water partition coefficient (Wildman–Crippen LogP) is 2.55. The highest BCUT2D eigenvalue weighted by Gasteiger charge is 2.30. The van der Waals surface area contributed by atoms with Gasteiger partial charge < -0.3 is 14.6 Å². The van der Waals surface area contributed by atoms with Gasteiger partial charge >= 0.3 is 0 Å². The van der Waals surface area contributed by atoms with Crippen LogP contribution in [0.3, 0.4) is 0 Å². The molecule has 2 amide bonds. The van der Waals surface area contributed by atoms with Gasteiger partial charge in [0.1, 0.15) is 0 Å². The summed E-state index contributed by atoms with van der Waals surface area (Å²) in [6.45, 7) is 1.39. The average molecular weight is 527 g/mol. The fraction of sp³-hybridized carbons (Fsp3) is 0.423. The number of carbonyl (C=O) groups is 3. The molecule has 196 valence electrons. The van der Waals surface area contributed by atoms with Gasteiger partial charge in [-0.1, -0.05) is 30.3 Å². The molecule has 1 fully saturated rings. The van der Waals surface area contributed by atoms with Crippen molar-refractivity contribution in [1.82, 2.24) is 20.2 Å². The number of carbonyl (C=O) groups excluding carboxylic acids is 3. The molecule has 1 atom stereocenters. The number of nitrogens with zero attached hydrogens (tertiary/aromatic N) is 3. The van der Waals surface area contributed by atoms with Crippen LogP contribution in [0.1, 0.15) is 48.4 Å². The van der Waals surface area contributed by atoms with Crippen molar-refractivity contribution in [2.24, 2.45) is 5.92 Å². The van der Waals surface area contributed by atoms with Gasteiger partial charge in [-0.25, -0.2) is 13.4 Å². The van der Waals surface area contributed by atoms with Crippen LogP contribution in [0.2, 0.25) is 0 Å². The lowest BCUT2D eigenvalue weighted by Crippen LogP contribution is -2.39. The number of amides is 2. The van der Waals surface area contributed by atoms with E-state index in [1.807, 2.05) is 0 Å². The second kappa shape index (κ2) is 12.1. The summed E-state index contributed by atoms with van der Waals surface area (Å²) < 4.78 is 31.2. The number of pyridine rings is 1. The molecule has 1 N–H and O–H groups in total. The number of aromatic nitrogens is 2. The minimum Gasteiger partial charge on any atom is -0.432 e. The lowest BCUT2D eigenvalue weighted by atomic mass is 10.1. The number of rotatable bonds is 12. The smallest absolute Gasteiger partial charge is 0.265 e. The monoisotopic (exact) mass is 526 g/mol. The molecule has 1 unspecified atom stereocenters. The number of fused-ring (bicyclic) bond motifs is 1. The van der Waals surface area contributed by atoms with E-state index >= 15 is 0 Å². The van der Waals surface area contributed by atoms with E-state index in [0.717, 1.165) is 12.8 Å². The van der Waals surface area contributed by atoms with Gasteiger partial charge in [0.25, 0.3) is 5.89 Å². The molecule has 1 aliphatic heterocycles. The Labute approximate surface area is 215 Å². The highest BCUT2D eigenvalue weighted by molar-refractivity contribution is 7.90. The minimum absolute atomic E-state index is 0.0406. The van der Waals surface area contributed by atoms with Crippen molar-refractivity contribution in [2.75, 3.05) is 25.4 Å². The maximum Gasteiger partial charge on any atom is 0.265 e. The summed E-state index contributed by atoms with van der Waals surface area (Å²) in [5, 5.41) is 2.71. The summed E-state index contributed by atoms with van der Waals surface area (Å²) >= 11 is 0. The number of oxazole rings is 1. The third-order valence-electron chi connectivity index (χ3n) is 6.22. The average Bonchev–Trinajstić information content (AvgIpc) is 3.56. The number of hydrogen-bond donors (Lipinski definition) is 1. The van der Waals surface area contributed by atoms with E-state index in [9.17, 15) is 22.8 Å². The van der Waals surface area contributed by atoms with Crippen molar-refractivity contribution in [3.63, 3.8) is 0 Å². The summed E-state index contributed by atoms with van der Waals surface area (Å²) in [6, 6.07) is 12.1. The Morgan fingerprint density at radius 3 is 2.54 bits per heavy atom. The summed E-state index contributed by atoms with van der Waals surface area (Å²) in [4.78, 5) is 47.9. The Balaban J connectivity index is 1.33. The Bertz CT molecular complexity index is 1320. The maximum atomic E-state index is 13.0. The molecule has 0 aliphatic carbocycles. The van der Waals surface area contributed by atoms with Crippen LogP contribution in [0.4, 0.5) is 0 Å². The van der Waals surface area contributed by atoms with Gasteiger partial charge in [-0.2, -0.15) is 4.98 Å². The fourth-order valence-corrected chi connectivity index (χ4v) is 6.03. The van der Waals surface area contributed by atoms with Gasteiger partial charge in [-0.05, 0) is 37.0 Å². The van der Waals surface area contributed by atoms with E-state index in [4.69, 9.17) is 4.42 Å². The zero-order chi connectivity index (χ0) is 26.3. The molecule has 1 aromatic carbocycles. The number of nitrogens with one attached hydrogen (secondary N) is 1. The fourth-order valence-electron chi connectivity index (χ4n) is 4.33. The first kappa shape index (κ1) is 26.5. The molecule has 0 radical (unpaired) electrons. The summed E-state index contributed by atoms with van der Waals surface area (Å²) in [7, 11) is -3.65. The first-order chi connectivity index (χ1) is 17.8. The molecular formula is C26H30N4O6S. The van der Waals surface area contributed by atoms with Crippen molar-refractivity contribution in [3.8, 4) is 0 Å². The van der Waals surface area contributed by atoms with Crippen LogP contribution in [0.5, 0.6) is 0 Å². The molecule has 1 saturated heterocycles. The van der Waals surface area contributed by atoms with E-state index in [0.29, 0.717) is 36.3 Å². The van der Waals surface area contributed by atoms with Crippen LogP contribution < -0.4 is 5.32 Å². The molecule has 3 heterocycles. The van der Waals surface area contributed by atoms with Crippen molar-refractivity contribution >= 4 is 38.7 Å². The van der Waals surface area contributed by atoms with Crippen LogP contribution >= 0.6 is 0 Å². The Hall–Kier alpha value is -3.60. The highest BCUT2D eigenvalue weighted by atomic mass is 32.2. The molecule has 1 aliphatic rings. The summed E-state index contributed by atoms with van der Waals surface area (Å²) in [6.07, 6.45) is 3.57. The van der Waals surface area contributed by atoms with Crippen molar-refractivity contribution in [2.45, 2.75) is 37.9 Å². The van der Waals surface area contributed by atoms with Crippen LogP contribution in [0.25, 0.3) is 11.2 Å². The quantitative estimate of drug-likeness (QED) is 0.281. The van der Waals surface area contributed by atoms with Crippen LogP contribution in [-0.4, -0.2) is 66.3 Å². The molecule has 0 saturated carbocycles. The molecule has 0 spiro atoms. The van der Waals surface area contributed by atoms with E-state index < -0.39 is 27.4 Å². The maximum absolute atomic E-state index is 13.0.